The third kappa shape index (κ3) is 10.2. The van der Waals surface area contributed by atoms with Gasteiger partial charge in [0.15, 0.2) is 0 Å². The van der Waals surface area contributed by atoms with Gasteiger partial charge in [-0.1, -0.05) is 86.8 Å². The maximum absolute atomic E-state index is 12.9. The zero-order chi connectivity index (χ0) is 32.0. The molecule has 0 saturated carbocycles. The summed E-state index contributed by atoms with van der Waals surface area (Å²) < 4.78 is 90.2. The molecule has 2 aromatic heterocycles. The lowest BCUT2D eigenvalue weighted by Crippen LogP contribution is -2.38. The van der Waals surface area contributed by atoms with Crippen molar-refractivity contribution in [2.75, 3.05) is 21.3 Å². The Hall–Kier alpha value is -1.69. The molecule has 0 aliphatic heterocycles. The second-order valence-corrected chi connectivity index (χ2v) is 10.3. The van der Waals surface area contributed by atoms with Gasteiger partial charge in [-0.25, -0.2) is 9.97 Å². The van der Waals surface area contributed by atoms with E-state index < -0.39 is 43.6 Å². The summed E-state index contributed by atoms with van der Waals surface area (Å²) in [6.07, 6.45) is -9.30. The van der Waals surface area contributed by atoms with E-state index in [-0.39, 0.29) is 38.4 Å². The van der Waals surface area contributed by atoms with E-state index in [9.17, 15) is 26.3 Å². The molecule has 0 radical (unpaired) electrons. The fraction of sp³-hybridized carbons (Fsp3) is 0.250. The number of halogens is 10. The van der Waals surface area contributed by atoms with Crippen LogP contribution in [-0.2, 0) is 26.3 Å². The maximum atomic E-state index is 12.9. The highest BCUT2D eigenvalue weighted by Crippen LogP contribution is 2.35. The topological polar surface area (TPSA) is 93.9 Å². The van der Waals surface area contributed by atoms with Gasteiger partial charge in [0.2, 0.25) is 0 Å². The third-order valence-electron chi connectivity index (χ3n) is 5.07. The Balaban J connectivity index is 0.000000350. The lowest BCUT2D eigenvalue weighted by molar-refractivity contribution is -0.141. The van der Waals surface area contributed by atoms with E-state index in [1.807, 2.05) is 0 Å². The lowest BCUT2D eigenvalue weighted by atomic mass is 9.78. The minimum atomic E-state index is -4.82. The second-order valence-electron chi connectivity index (χ2n) is 7.81. The molecule has 19 heteroatoms. The fourth-order valence-corrected chi connectivity index (χ4v) is 4.97. The van der Waals surface area contributed by atoms with E-state index in [1.165, 1.54) is 45.6 Å². The number of hydrogen-bond acceptors (Lipinski definition) is 7. The predicted octanol–water partition coefficient (Wildman–Crippen LogP) is 7.57. The van der Waals surface area contributed by atoms with Crippen LogP contribution in [0.3, 0.4) is 0 Å². The second kappa shape index (κ2) is 16.6. The Kier molecular flexibility index (Phi) is 15.2. The number of benzene rings is 2. The quantitative estimate of drug-likeness (QED) is 0.163. The molecule has 7 nitrogen and oxygen atoms in total. The molecule has 4 aromatic rings. The van der Waals surface area contributed by atoms with Gasteiger partial charge in [-0.15, -0.1) is 0 Å². The molecule has 2 N–H and O–H groups in total. The molecular weight excluding hydrogens is 763 g/mol. The number of pyridine rings is 2. The molecule has 0 amide bonds. The zero-order valence-corrected chi connectivity index (χ0v) is 26.2. The molecular formula is C24H22B2Br2Cl2F6N2O5. The highest BCUT2D eigenvalue weighted by atomic mass is 79.9. The summed E-state index contributed by atoms with van der Waals surface area (Å²) in [6, 6.07) is 10.2. The highest BCUT2D eigenvalue weighted by molar-refractivity contribution is 9.11. The molecule has 0 unspecified atom stereocenters. The van der Waals surface area contributed by atoms with Crippen molar-refractivity contribution in [3.8, 4) is 0 Å². The van der Waals surface area contributed by atoms with Crippen LogP contribution in [0.1, 0.15) is 18.8 Å². The molecule has 0 atom stereocenters. The summed E-state index contributed by atoms with van der Waals surface area (Å²) in [5.41, 5.74) is -2.99. The molecule has 0 aliphatic carbocycles. The molecule has 2 heterocycles. The van der Waals surface area contributed by atoms with Crippen molar-refractivity contribution in [2.45, 2.75) is 19.8 Å². The van der Waals surface area contributed by atoms with E-state index in [0.29, 0.717) is 9.86 Å². The molecule has 0 aliphatic rings. The summed E-state index contributed by atoms with van der Waals surface area (Å²) in [6.45, 7) is 0. The van der Waals surface area contributed by atoms with Crippen LogP contribution < -0.4 is 5.46 Å². The van der Waals surface area contributed by atoms with E-state index in [2.05, 4.69) is 55.8 Å². The van der Waals surface area contributed by atoms with Crippen LogP contribution in [0.25, 0.3) is 21.8 Å². The molecule has 2 aromatic carbocycles. The average molecular weight is 785 g/mol. The normalized spacial score (nSPS) is 11.2. The van der Waals surface area contributed by atoms with Crippen molar-refractivity contribution < 1.29 is 50.4 Å². The van der Waals surface area contributed by atoms with E-state index in [4.69, 9.17) is 33.2 Å². The van der Waals surface area contributed by atoms with Crippen molar-refractivity contribution in [3.05, 3.63) is 72.8 Å². The Morgan fingerprint density at radius 1 is 0.767 bits per heavy atom. The Labute approximate surface area is 270 Å². The first-order valence-corrected chi connectivity index (χ1v) is 13.4. The summed E-state index contributed by atoms with van der Waals surface area (Å²) >= 11 is 17.6. The zero-order valence-electron chi connectivity index (χ0n) is 21.5. The Bertz CT molecular complexity index is 1530. The smallest absolute Gasteiger partial charge is 0.423 e. The molecule has 0 saturated heterocycles. The Morgan fingerprint density at radius 2 is 1.23 bits per heavy atom. The van der Waals surface area contributed by atoms with E-state index in [1.54, 1.807) is 12.1 Å². The average Bonchev–Trinajstić information content (AvgIpc) is 2.90. The van der Waals surface area contributed by atoms with Gasteiger partial charge in [0.1, 0.15) is 11.4 Å². The SMILES string of the molecule is C.COB(OC)OC.FC(F)(F)c1cc(Br)c2cccc(Cl)c2n1.OB(O)c1c(C(F)(F)F)nc2c(Cl)cccc2c1Br. The number of hydrogen-bond donors (Lipinski definition) is 2. The first-order valence-electron chi connectivity index (χ1n) is 11.1. The number of alkyl halides is 6. The molecule has 0 bridgehead atoms. The van der Waals surface area contributed by atoms with Gasteiger partial charge in [0.05, 0.1) is 21.1 Å². The highest BCUT2D eigenvalue weighted by Gasteiger charge is 2.40. The summed E-state index contributed by atoms with van der Waals surface area (Å²) in [5, 5.41) is 19.3. The monoisotopic (exact) mass is 782 g/mol. The number of nitrogens with zero attached hydrogens (tertiary/aromatic N) is 2. The van der Waals surface area contributed by atoms with Gasteiger partial charge in [0, 0.05) is 46.5 Å². The van der Waals surface area contributed by atoms with Gasteiger partial charge in [-0.2, -0.15) is 26.3 Å². The first kappa shape index (κ1) is 39.3. The molecule has 234 valence electrons. The number of para-hydroxylation sites is 2. The largest absolute Gasteiger partial charge is 0.638 e. The van der Waals surface area contributed by atoms with Crippen molar-refractivity contribution in [3.63, 3.8) is 0 Å². The third-order valence-corrected chi connectivity index (χ3v) is 7.19. The summed E-state index contributed by atoms with van der Waals surface area (Å²) in [7, 11) is 1.72. The van der Waals surface area contributed by atoms with Crippen molar-refractivity contribution in [2.24, 2.45) is 0 Å². The van der Waals surface area contributed by atoms with Gasteiger partial charge in [-0.05, 0) is 18.2 Å². The predicted molar refractivity (Wildman–Crippen MR) is 162 cm³/mol. The summed E-state index contributed by atoms with van der Waals surface area (Å²) in [5.74, 6) is 0. The van der Waals surface area contributed by atoms with Crippen LogP contribution in [0.2, 0.25) is 10.0 Å². The van der Waals surface area contributed by atoms with Gasteiger partial charge in [0.25, 0.3) is 0 Å². The van der Waals surface area contributed by atoms with Crippen LogP contribution in [0.15, 0.2) is 51.4 Å². The van der Waals surface area contributed by atoms with Crippen molar-refractivity contribution in [1.82, 2.24) is 9.97 Å². The maximum Gasteiger partial charge on any atom is 0.638 e. The van der Waals surface area contributed by atoms with Crippen LogP contribution >= 0.6 is 55.1 Å². The fourth-order valence-electron chi connectivity index (χ4n) is 3.28. The molecule has 0 fully saturated rings. The van der Waals surface area contributed by atoms with Gasteiger partial charge in [-0.3, -0.25) is 0 Å². The van der Waals surface area contributed by atoms with Gasteiger partial charge >= 0.3 is 26.8 Å². The Morgan fingerprint density at radius 3 is 1.63 bits per heavy atom. The van der Waals surface area contributed by atoms with Crippen LogP contribution in [0.4, 0.5) is 26.3 Å². The molecule has 0 spiro atoms. The van der Waals surface area contributed by atoms with Crippen LogP contribution in [0, 0.1) is 0 Å². The first-order chi connectivity index (χ1) is 19.5. The number of fused-ring (bicyclic) bond motifs is 2. The summed E-state index contributed by atoms with van der Waals surface area (Å²) in [4.78, 5) is 6.94. The molecule has 4 rings (SSSR count). The minimum absolute atomic E-state index is 0. The minimum Gasteiger partial charge on any atom is -0.423 e. The van der Waals surface area contributed by atoms with E-state index in [0.717, 1.165) is 6.07 Å². The van der Waals surface area contributed by atoms with Crippen molar-refractivity contribution in [1.29, 1.82) is 0 Å². The van der Waals surface area contributed by atoms with E-state index >= 15 is 0 Å². The van der Waals surface area contributed by atoms with Crippen molar-refractivity contribution >= 4 is 96.8 Å². The lowest BCUT2D eigenvalue weighted by Gasteiger charge is -2.15. The number of aromatic nitrogens is 2. The molecule has 43 heavy (non-hydrogen) atoms. The van der Waals surface area contributed by atoms with Crippen LogP contribution in [-0.4, -0.2) is 55.8 Å². The van der Waals surface area contributed by atoms with Gasteiger partial charge < -0.3 is 24.0 Å². The number of rotatable bonds is 4. The van der Waals surface area contributed by atoms with Crippen LogP contribution in [0.5, 0.6) is 0 Å². The standard InChI is InChI=1S/C10H5BBrClF3NO2.C10H4BrClF3N.C3H9BO3.CH4/c12-7-4-2-1-3-5(13)8(4)17-9(10(14,15)16)6(7)11(18)19;11-6-4-8(10(13,14)15)16-9-5(6)2-1-3-7(9)12;1-5-4(6-2)7-3;/h1-3,18-19H;1-4H;1-3H3;1H4.